The van der Waals surface area contributed by atoms with E-state index >= 15 is 0 Å². The first-order chi connectivity index (χ1) is 10.6. The molecular formula is C17H12O5. The van der Waals surface area contributed by atoms with Gasteiger partial charge in [0.25, 0.3) is 0 Å². The number of carboxylic acids is 1. The molecule has 0 spiro atoms. The van der Waals surface area contributed by atoms with Gasteiger partial charge in [-0.25, -0.2) is 4.79 Å². The van der Waals surface area contributed by atoms with Crippen LogP contribution in [-0.2, 0) is 0 Å². The van der Waals surface area contributed by atoms with Crippen LogP contribution in [0.3, 0.4) is 0 Å². The number of aromatic carboxylic acids is 1. The first-order valence-corrected chi connectivity index (χ1v) is 6.55. The Labute approximate surface area is 125 Å². The van der Waals surface area contributed by atoms with E-state index in [1.807, 2.05) is 0 Å². The minimum absolute atomic E-state index is 0.0617. The second-order valence-corrected chi connectivity index (χ2v) is 4.67. The van der Waals surface area contributed by atoms with Crippen molar-refractivity contribution in [3.63, 3.8) is 0 Å². The van der Waals surface area contributed by atoms with Crippen molar-refractivity contribution in [2.24, 2.45) is 0 Å². The summed E-state index contributed by atoms with van der Waals surface area (Å²) in [7, 11) is 1.45. The molecule has 0 saturated heterocycles. The number of carboxylic acid groups (broad SMARTS) is 1. The Morgan fingerprint density at radius 3 is 2.45 bits per heavy atom. The minimum atomic E-state index is -1.09. The summed E-state index contributed by atoms with van der Waals surface area (Å²) < 4.78 is 10.7. The second kappa shape index (κ2) is 5.37. The van der Waals surface area contributed by atoms with E-state index in [0.29, 0.717) is 16.7 Å². The fourth-order valence-corrected chi connectivity index (χ4v) is 2.29. The molecule has 1 N–H and O–H groups in total. The van der Waals surface area contributed by atoms with Crippen molar-refractivity contribution in [1.82, 2.24) is 0 Å². The van der Waals surface area contributed by atoms with Gasteiger partial charge in [0.2, 0.25) is 5.78 Å². The molecule has 0 saturated carbocycles. The molecule has 5 heteroatoms. The summed E-state index contributed by atoms with van der Waals surface area (Å²) in [5, 5.41) is 9.58. The Hall–Kier alpha value is -3.08. The van der Waals surface area contributed by atoms with Crippen molar-refractivity contribution >= 4 is 22.7 Å². The molecule has 0 aliphatic heterocycles. The number of furan rings is 1. The summed E-state index contributed by atoms with van der Waals surface area (Å²) in [4.78, 5) is 23.7. The maximum atomic E-state index is 12.4. The van der Waals surface area contributed by atoms with E-state index in [4.69, 9.17) is 9.15 Å². The van der Waals surface area contributed by atoms with Crippen LogP contribution in [0.15, 0.2) is 52.9 Å². The summed E-state index contributed by atoms with van der Waals surface area (Å²) in [6.45, 7) is 0. The summed E-state index contributed by atoms with van der Waals surface area (Å²) in [5.41, 5.74) is 0.783. The van der Waals surface area contributed by atoms with Crippen LogP contribution in [-0.4, -0.2) is 24.0 Å². The number of hydrogen-bond acceptors (Lipinski definition) is 4. The number of ketones is 1. The first kappa shape index (κ1) is 13.9. The first-order valence-electron chi connectivity index (χ1n) is 6.55. The van der Waals surface area contributed by atoms with Gasteiger partial charge >= 0.3 is 5.97 Å². The van der Waals surface area contributed by atoms with Crippen molar-refractivity contribution < 1.29 is 23.8 Å². The molecule has 1 aromatic heterocycles. The SMILES string of the molecule is COc1ccc(C(=O)O)c2cc(C(=O)c3ccccc3)oc12. The molecule has 0 atom stereocenters. The quantitative estimate of drug-likeness (QED) is 0.747. The number of fused-ring (bicyclic) bond motifs is 1. The Bertz CT molecular complexity index is 861. The molecule has 3 aromatic rings. The molecule has 0 amide bonds. The maximum Gasteiger partial charge on any atom is 0.336 e. The summed E-state index contributed by atoms with van der Waals surface area (Å²) in [6, 6.07) is 13.0. The van der Waals surface area contributed by atoms with Gasteiger partial charge in [0.1, 0.15) is 0 Å². The molecule has 5 nitrogen and oxygen atoms in total. The third-order valence-corrected chi connectivity index (χ3v) is 3.36. The van der Waals surface area contributed by atoms with Crippen molar-refractivity contribution in [3.05, 3.63) is 65.4 Å². The van der Waals surface area contributed by atoms with Gasteiger partial charge in [0.05, 0.1) is 12.7 Å². The number of benzene rings is 2. The van der Waals surface area contributed by atoms with Gasteiger partial charge in [-0.2, -0.15) is 0 Å². The average Bonchev–Trinajstić information content (AvgIpc) is 2.98. The van der Waals surface area contributed by atoms with E-state index < -0.39 is 5.97 Å². The van der Waals surface area contributed by atoms with Crippen molar-refractivity contribution in [2.45, 2.75) is 0 Å². The van der Waals surface area contributed by atoms with Gasteiger partial charge in [0.15, 0.2) is 17.1 Å². The van der Waals surface area contributed by atoms with Crippen LogP contribution < -0.4 is 4.74 Å². The Morgan fingerprint density at radius 2 is 1.82 bits per heavy atom. The Balaban J connectivity index is 2.19. The maximum absolute atomic E-state index is 12.4. The van der Waals surface area contributed by atoms with Gasteiger partial charge in [-0.15, -0.1) is 0 Å². The Morgan fingerprint density at radius 1 is 1.09 bits per heavy atom. The molecule has 0 aliphatic rings. The molecule has 0 aliphatic carbocycles. The molecule has 0 radical (unpaired) electrons. The summed E-state index contributed by atoms with van der Waals surface area (Å²) in [5.74, 6) is -0.942. The van der Waals surface area contributed by atoms with Gasteiger partial charge in [-0.3, -0.25) is 4.79 Å². The van der Waals surface area contributed by atoms with E-state index in [1.165, 1.54) is 25.3 Å². The molecule has 22 heavy (non-hydrogen) atoms. The third-order valence-electron chi connectivity index (χ3n) is 3.36. The third kappa shape index (κ3) is 2.22. The highest BCUT2D eigenvalue weighted by molar-refractivity contribution is 6.11. The normalized spacial score (nSPS) is 10.6. The van der Waals surface area contributed by atoms with E-state index in [-0.39, 0.29) is 22.7 Å². The highest BCUT2D eigenvalue weighted by Crippen LogP contribution is 2.32. The lowest BCUT2D eigenvalue weighted by Crippen LogP contribution is -1.98. The molecule has 2 aromatic carbocycles. The van der Waals surface area contributed by atoms with Gasteiger partial charge in [-0.05, 0) is 18.2 Å². The second-order valence-electron chi connectivity index (χ2n) is 4.67. The largest absolute Gasteiger partial charge is 0.493 e. The predicted octanol–water partition coefficient (Wildman–Crippen LogP) is 3.37. The van der Waals surface area contributed by atoms with E-state index in [0.717, 1.165) is 0 Å². The lowest BCUT2D eigenvalue weighted by atomic mass is 10.1. The van der Waals surface area contributed by atoms with Crippen LogP contribution in [0.5, 0.6) is 5.75 Å². The molecule has 0 bridgehead atoms. The highest BCUT2D eigenvalue weighted by Gasteiger charge is 2.20. The standard InChI is InChI=1S/C17H12O5/c1-21-13-8-7-11(17(19)20)12-9-14(22-16(12)13)15(18)10-5-3-2-4-6-10/h2-9H,1H3,(H,19,20). The van der Waals surface area contributed by atoms with E-state index in [1.54, 1.807) is 30.3 Å². The smallest absolute Gasteiger partial charge is 0.336 e. The van der Waals surface area contributed by atoms with Crippen LogP contribution in [0.1, 0.15) is 26.5 Å². The number of methoxy groups -OCH3 is 1. The highest BCUT2D eigenvalue weighted by atomic mass is 16.5. The lowest BCUT2D eigenvalue weighted by molar-refractivity contribution is 0.0698. The zero-order valence-corrected chi connectivity index (χ0v) is 11.7. The fraction of sp³-hybridized carbons (Fsp3) is 0.0588. The fourth-order valence-electron chi connectivity index (χ4n) is 2.29. The Kier molecular flexibility index (Phi) is 3.39. The van der Waals surface area contributed by atoms with Crippen LogP contribution in [0, 0.1) is 0 Å². The summed E-state index contributed by atoms with van der Waals surface area (Å²) >= 11 is 0. The molecule has 3 rings (SSSR count). The lowest BCUT2D eigenvalue weighted by Gasteiger charge is -2.02. The number of carbonyl (C=O) groups excluding carboxylic acids is 1. The molecular weight excluding hydrogens is 284 g/mol. The van der Waals surface area contributed by atoms with Crippen LogP contribution >= 0.6 is 0 Å². The topological polar surface area (TPSA) is 76.7 Å². The predicted molar refractivity (Wildman–Crippen MR) is 79.6 cm³/mol. The zero-order chi connectivity index (χ0) is 15.7. The van der Waals surface area contributed by atoms with Crippen molar-refractivity contribution in [3.8, 4) is 5.75 Å². The number of carbonyl (C=O) groups is 2. The molecule has 110 valence electrons. The molecule has 0 unspecified atom stereocenters. The van der Waals surface area contributed by atoms with Crippen molar-refractivity contribution in [2.75, 3.05) is 7.11 Å². The average molecular weight is 296 g/mol. The monoisotopic (exact) mass is 296 g/mol. The van der Waals surface area contributed by atoms with E-state index in [2.05, 4.69) is 0 Å². The van der Waals surface area contributed by atoms with Crippen LogP contribution in [0.2, 0.25) is 0 Å². The molecule has 0 fully saturated rings. The van der Waals surface area contributed by atoms with Crippen LogP contribution in [0.25, 0.3) is 11.0 Å². The molecule has 1 heterocycles. The number of hydrogen-bond donors (Lipinski definition) is 1. The van der Waals surface area contributed by atoms with Gasteiger partial charge in [0, 0.05) is 10.9 Å². The van der Waals surface area contributed by atoms with Crippen molar-refractivity contribution in [1.29, 1.82) is 0 Å². The minimum Gasteiger partial charge on any atom is -0.493 e. The summed E-state index contributed by atoms with van der Waals surface area (Å²) in [6.07, 6.45) is 0. The zero-order valence-electron chi connectivity index (χ0n) is 11.7. The van der Waals surface area contributed by atoms with E-state index in [9.17, 15) is 14.7 Å². The van der Waals surface area contributed by atoms with Crippen LogP contribution in [0.4, 0.5) is 0 Å². The van der Waals surface area contributed by atoms with Gasteiger partial charge in [-0.1, -0.05) is 30.3 Å². The number of ether oxygens (including phenoxy) is 1. The van der Waals surface area contributed by atoms with Gasteiger partial charge < -0.3 is 14.3 Å². The number of rotatable bonds is 4.